The van der Waals surface area contributed by atoms with Crippen molar-refractivity contribution in [3.05, 3.63) is 23.9 Å². The lowest BCUT2D eigenvalue weighted by atomic mass is 10.1. The van der Waals surface area contributed by atoms with Crippen molar-refractivity contribution in [1.29, 1.82) is 0 Å². The van der Waals surface area contributed by atoms with Crippen LogP contribution in [0.25, 0.3) is 0 Å². The maximum absolute atomic E-state index is 11.4. The van der Waals surface area contributed by atoms with Crippen LogP contribution in [0, 0.1) is 5.92 Å². The maximum Gasteiger partial charge on any atom is 0.252 e. The summed E-state index contributed by atoms with van der Waals surface area (Å²) in [4.78, 5) is 17.8. The summed E-state index contributed by atoms with van der Waals surface area (Å²) in [5, 5.41) is 3.48. The molecule has 2 aliphatic heterocycles. The van der Waals surface area contributed by atoms with Crippen molar-refractivity contribution < 1.29 is 4.79 Å². The Hall–Kier alpha value is -1.62. The van der Waals surface area contributed by atoms with E-state index in [2.05, 4.69) is 15.2 Å². The number of rotatable bonds is 2. The van der Waals surface area contributed by atoms with Crippen molar-refractivity contribution in [2.24, 2.45) is 11.7 Å². The third-order valence-electron chi connectivity index (χ3n) is 3.71. The van der Waals surface area contributed by atoms with Gasteiger partial charge in [-0.15, -0.1) is 0 Å². The SMILES string of the molecule is NC(=O)c1cccnc1N1C[C@@H]2CCN[C@@H]2C1. The first-order valence-electron chi connectivity index (χ1n) is 5.99. The van der Waals surface area contributed by atoms with Crippen LogP contribution in [-0.4, -0.2) is 36.6 Å². The zero-order valence-electron chi connectivity index (χ0n) is 9.60. The minimum Gasteiger partial charge on any atom is -0.365 e. The molecule has 0 spiro atoms. The second-order valence-corrected chi connectivity index (χ2v) is 4.75. The van der Waals surface area contributed by atoms with E-state index >= 15 is 0 Å². The van der Waals surface area contributed by atoms with Crippen molar-refractivity contribution in [3.8, 4) is 0 Å². The Balaban J connectivity index is 1.88. The number of hydrogen-bond acceptors (Lipinski definition) is 4. The van der Waals surface area contributed by atoms with Crippen molar-refractivity contribution in [3.63, 3.8) is 0 Å². The first-order chi connectivity index (χ1) is 8.25. The lowest BCUT2D eigenvalue weighted by Crippen LogP contribution is -2.31. The molecule has 0 unspecified atom stereocenters. The number of nitrogens with zero attached hydrogens (tertiary/aromatic N) is 2. The molecule has 3 N–H and O–H groups in total. The van der Waals surface area contributed by atoms with Gasteiger partial charge in [-0.25, -0.2) is 4.98 Å². The van der Waals surface area contributed by atoms with Crippen LogP contribution in [0.4, 0.5) is 5.82 Å². The molecule has 0 radical (unpaired) electrons. The summed E-state index contributed by atoms with van der Waals surface area (Å²) >= 11 is 0. The molecule has 0 saturated carbocycles. The fourth-order valence-corrected chi connectivity index (χ4v) is 2.86. The molecule has 1 aromatic rings. The van der Waals surface area contributed by atoms with E-state index in [-0.39, 0.29) is 0 Å². The number of carbonyl (C=O) groups is 1. The summed E-state index contributed by atoms with van der Waals surface area (Å²) in [7, 11) is 0. The smallest absolute Gasteiger partial charge is 0.252 e. The minimum atomic E-state index is -0.405. The predicted molar refractivity (Wildman–Crippen MR) is 64.9 cm³/mol. The molecule has 0 aromatic carbocycles. The number of primary amides is 1. The molecule has 90 valence electrons. The number of pyridine rings is 1. The summed E-state index contributed by atoms with van der Waals surface area (Å²) in [6.07, 6.45) is 2.92. The van der Waals surface area contributed by atoms with Gasteiger partial charge in [0.25, 0.3) is 5.91 Å². The highest BCUT2D eigenvalue weighted by molar-refractivity contribution is 5.97. The van der Waals surface area contributed by atoms with Crippen LogP contribution in [-0.2, 0) is 0 Å². The number of aromatic nitrogens is 1. The zero-order valence-corrected chi connectivity index (χ0v) is 9.60. The molecule has 5 heteroatoms. The van der Waals surface area contributed by atoms with Gasteiger partial charge < -0.3 is 16.0 Å². The average Bonchev–Trinajstić information content (AvgIpc) is 2.88. The van der Waals surface area contributed by atoms with Gasteiger partial charge in [0.05, 0.1) is 5.56 Å². The van der Waals surface area contributed by atoms with E-state index in [0.29, 0.717) is 17.5 Å². The molecule has 2 saturated heterocycles. The molecule has 0 bridgehead atoms. The van der Waals surface area contributed by atoms with E-state index in [1.165, 1.54) is 6.42 Å². The van der Waals surface area contributed by atoms with Crippen LogP contribution in [0.1, 0.15) is 16.8 Å². The van der Waals surface area contributed by atoms with Gasteiger partial charge in [0, 0.05) is 25.3 Å². The Morgan fingerprint density at radius 3 is 3.18 bits per heavy atom. The third kappa shape index (κ3) is 1.76. The average molecular weight is 232 g/mol. The summed E-state index contributed by atoms with van der Waals surface area (Å²) in [6.45, 7) is 2.99. The Labute approximate surface area is 100 Å². The highest BCUT2D eigenvalue weighted by Gasteiger charge is 2.37. The van der Waals surface area contributed by atoms with Crippen LogP contribution in [0.3, 0.4) is 0 Å². The molecular weight excluding hydrogens is 216 g/mol. The summed E-state index contributed by atoms with van der Waals surface area (Å²) in [5.41, 5.74) is 5.90. The van der Waals surface area contributed by atoms with Crippen LogP contribution >= 0.6 is 0 Å². The number of nitrogens with two attached hydrogens (primary N) is 1. The molecule has 5 nitrogen and oxygen atoms in total. The standard InChI is InChI=1S/C12H16N4O/c13-11(17)9-2-1-4-15-12(9)16-6-8-3-5-14-10(8)7-16/h1-2,4,8,10,14H,3,5-7H2,(H2,13,17)/t8-,10+/m0/s1. The summed E-state index contributed by atoms with van der Waals surface area (Å²) in [5.74, 6) is 1.01. The number of fused-ring (bicyclic) bond motifs is 1. The Morgan fingerprint density at radius 1 is 1.53 bits per heavy atom. The van der Waals surface area contributed by atoms with Gasteiger partial charge in [0.2, 0.25) is 0 Å². The van der Waals surface area contributed by atoms with Gasteiger partial charge in [0.1, 0.15) is 5.82 Å². The summed E-state index contributed by atoms with van der Waals surface area (Å²) < 4.78 is 0. The molecular formula is C12H16N4O. The first-order valence-corrected chi connectivity index (χ1v) is 5.99. The Morgan fingerprint density at radius 2 is 2.41 bits per heavy atom. The monoisotopic (exact) mass is 232 g/mol. The maximum atomic E-state index is 11.4. The molecule has 3 heterocycles. The molecule has 2 fully saturated rings. The van der Waals surface area contributed by atoms with Crippen LogP contribution < -0.4 is 16.0 Å². The van der Waals surface area contributed by atoms with Crippen LogP contribution in [0.15, 0.2) is 18.3 Å². The second-order valence-electron chi connectivity index (χ2n) is 4.75. The number of nitrogens with one attached hydrogen (secondary N) is 1. The van der Waals surface area contributed by atoms with Crippen molar-refractivity contribution >= 4 is 11.7 Å². The minimum absolute atomic E-state index is 0.405. The molecule has 0 aliphatic carbocycles. The first kappa shape index (κ1) is 10.5. The summed E-state index contributed by atoms with van der Waals surface area (Å²) in [6, 6.07) is 4.03. The molecule has 17 heavy (non-hydrogen) atoms. The number of anilines is 1. The lowest BCUT2D eigenvalue weighted by molar-refractivity contribution is 0.100. The van der Waals surface area contributed by atoms with Crippen molar-refractivity contribution in [2.45, 2.75) is 12.5 Å². The van der Waals surface area contributed by atoms with E-state index < -0.39 is 5.91 Å². The normalized spacial score (nSPS) is 27.2. The molecule has 1 amide bonds. The van der Waals surface area contributed by atoms with E-state index in [0.717, 1.165) is 25.5 Å². The third-order valence-corrected chi connectivity index (χ3v) is 3.71. The number of amides is 1. The fourth-order valence-electron chi connectivity index (χ4n) is 2.86. The van der Waals surface area contributed by atoms with Gasteiger partial charge in [-0.1, -0.05) is 0 Å². The second kappa shape index (κ2) is 4.00. The van der Waals surface area contributed by atoms with Gasteiger partial charge in [0.15, 0.2) is 0 Å². The van der Waals surface area contributed by atoms with E-state index in [1.54, 1.807) is 18.3 Å². The van der Waals surface area contributed by atoms with Gasteiger partial charge in [-0.05, 0) is 31.0 Å². The molecule has 1 aromatic heterocycles. The largest absolute Gasteiger partial charge is 0.365 e. The van der Waals surface area contributed by atoms with Gasteiger partial charge >= 0.3 is 0 Å². The quantitative estimate of drug-likeness (QED) is 0.751. The van der Waals surface area contributed by atoms with E-state index in [1.807, 2.05) is 0 Å². The van der Waals surface area contributed by atoms with Crippen molar-refractivity contribution in [2.75, 3.05) is 24.5 Å². The predicted octanol–water partition coefficient (Wildman–Crippen LogP) is -0.0214. The van der Waals surface area contributed by atoms with Gasteiger partial charge in [-0.2, -0.15) is 0 Å². The Kier molecular flexibility index (Phi) is 2.48. The molecule has 2 aliphatic rings. The molecule has 3 rings (SSSR count). The zero-order chi connectivity index (χ0) is 11.8. The Bertz CT molecular complexity index is 436. The lowest BCUT2D eigenvalue weighted by Gasteiger charge is -2.20. The van der Waals surface area contributed by atoms with Gasteiger partial charge in [-0.3, -0.25) is 4.79 Å². The number of carbonyl (C=O) groups excluding carboxylic acids is 1. The van der Waals surface area contributed by atoms with Crippen LogP contribution in [0.2, 0.25) is 0 Å². The fraction of sp³-hybridized carbons (Fsp3) is 0.500. The molecule has 2 atom stereocenters. The highest BCUT2D eigenvalue weighted by Crippen LogP contribution is 2.29. The van der Waals surface area contributed by atoms with Crippen LogP contribution in [0.5, 0.6) is 0 Å². The number of hydrogen-bond donors (Lipinski definition) is 2. The van der Waals surface area contributed by atoms with E-state index in [4.69, 9.17) is 5.73 Å². The van der Waals surface area contributed by atoms with Crippen molar-refractivity contribution in [1.82, 2.24) is 10.3 Å². The van der Waals surface area contributed by atoms with E-state index in [9.17, 15) is 4.79 Å². The highest BCUT2D eigenvalue weighted by atomic mass is 16.1. The topological polar surface area (TPSA) is 71.2 Å².